The van der Waals surface area contributed by atoms with E-state index in [2.05, 4.69) is 9.97 Å². The molecule has 2 rings (SSSR count). The third-order valence-corrected chi connectivity index (χ3v) is 1.75. The standard InChI is InChI=1S/C9H6F2N2/c10-9(11)6-1-2-7-8(5-6)13-4-3-12-7/h1-5,9H. The maximum absolute atomic E-state index is 12.2. The Bertz CT molecular complexity index is 429. The number of halogens is 2. The van der Waals surface area contributed by atoms with E-state index in [9.17, 15) is 8.78 Å². The Morgan fingerprint density at radius 3 is 2.38 bits per heavy atom. The highest BCUT2D eigenvalue weighted by Crippen LogP contribution is 2.21. The van der Waals surface area contributed by atoms with Crippen molar-refractivity contribution in [2.24, 2.45) is 0 Å². The van der Waals surface area contributed by atoms with Crippen molar-refractivity contribution in [3.05, 3.63) is 36.2 Å². The van der Waals surface area contributed by atoms with Gasteiger partial charge < -0.3 is 0 Å². The molecular formula is C9H6F2N2. The summed E-state index contributed by atoms with van der Waals surface area (Å²) in [5, 5.41) is 0. The van der Waals surface area contributed by atoms with Crippen LogP contribution in [0.5, 0.6) is 0 Å². The second kappa shape index (κ2) is 3.05. The minimum absolute atomic E-state index is 0.0204. The van der Waals surface area contributed by atoms with E-state index in [0.717, 1.165) is 0 Å². The Morgan fingerprint density at radius 2 is 1.69 bits per heavy atom. The van der Waals surface area contributed by atoms with Crippen LogP contribution in [0.3, 0.4) is 0 Å². The van der Waals surface area contributed by atoms with Gasteiger partial charge in [-0.15, -0.1) is 0 Å². The predicted molar refractivity (Wildman–Crippen MR) is 44.5 cm³/mol. The molecule has 0 aliphatic rings. The molecule has 0 amide bonds. The van der Waals surface area contributed by atoms with E-state index in [-0.39, 0.29) is 5.56 Å². The van der Waals surface area contributed by atoms with Gasteiger partial charge in [0.05, 0.1) is 11.0 Å². The molecule has 0 spiro atoms. The van der Waals surface area contributed by atoms with Crippen LogP contribution >= 0.6 is 0 Å². The molecule has 0 N–H and O–H groups in total. The van der Waals surface area contributed by atoms with E-state index in [0.29, 0.717) is 11.0 Å². The second-order valence-electron chi connectivity index (χ2n) is 2.61. The summed E-state index contributed by atoms with van der Waals surface area (Å²) in [5.74, 6) is 0. The van der Waals surface area contributed by atoms with Gasteiger partial charge in [0.15, 0.2) is 0 Å². The van der Waals surface area contributed by atoms with Crippen LogP contribution in [-0.4, -0.2) is 9.97 Å². The minimum atomic E-state index is -2.45. The summed E-state index contributed by atoms with van der Waals surface area (Å²) in [6, 6.07) is 4.26. The van der Waals surface area contributed by atoms with Crippen LogP contribution in [0.25, 0.3) is 11.0 Å². The van der Waals surface area contributed by atoms with Crippen LogP contribution in [0.4, 0.5) is 8.78 Å². The number of aromatic nitrogens is 2. The molecule has 1 heterocycles. The normalized spacial score (nSPS) is 11.0. The fraction of sp³-hybridized carbons (Fsp3) is 0.111. The molecule has 1 aromatic carbocycles. The first-order valence-corrected chi connectivity index (χ1v) is 3.76. The molecule has 2 nitrogen and oxygen atoms in total. The summed E-state index contributed by atoms with van der Waals surface area (Å²) in [7, 11) is 0. The lowest BCUT2D eigenvalue weighted by Gasteiger charge is -2.00. The van der Waals surface area contributed by atoms with Crippen molar-refractivity contribution in [2.45, 2.75) is 6.43 Å². The lowest BCUT2D eigenvalue weighted by Crippen LogP contribution is -1.87. The summed E-state index contributed by atoms with van der Waals surface area (Å²) < 4.78 is 24.5. The highest BCUT2D eigenvalue weighted by Gasteiger charge is 2.07. The molecule has 66 valence electrons. The molecule has 1 aromatic heterocycles. The molecule has 0 aliphatic heterocycles. The predicted octanol–water partition coefficient (Wildman–Crippen LogP) is 2.57. The van der Waals surface area contributed by atoms with Crippen molar-refractivity contribution in [3.8, 4) is 0 Å². The molecule has 0 saturated carbocycles. The van der Waals surface area contributed by atoms with Crippen LogP contribution in [0.1, 0.15) is 12.0 Å². The molecule has 4 heteroatoms. The summed E-state index contributed by atoms with van der Waals surface area (Å²) >= 11 is 0. The molecular weight excluding hydrogens is 174 g/mol. The van der Waals surface area contributed by atoms with E-state index >= 15 is 0 Å². The number of nitrogens with zero attached hydrogens (tertiary/aromatic N) is 2. The van der Waals surface area contributed by atoms with Crippen molar-refractivity contribution in [2.75, 3.05) is 0 Å². The number of rotatable bonds is 1. The first kappa shape index (κ1) is 8.04. The number of hydrogen-bond acceptors (Lipinski definition) is 2. The fourth-order valence-corrected chi connectivity index (χ4v) is 1.12. The minimum Gasteiger partial charge on any atom is -0.253 e. The quantitative estimate of drug-likeness (QED) is 0.674. The van der Waals surface area contributed by atoms with Crippen LogP contribution < -0.4 is 0 Å². The van der Waals surface area contributed by atoms with E-state index in [1.54, 1.807) is 6.07 Å². The van der Waals surface area contributed by atoms with Crippen molar-refractivity contribution >= 4 is 11.0 Å². The van der Waals surface area contributed by atoms with Gasteiger partial charge in [-0.3, -0.25) is 9.97 Å². The van der Waals surface area contributed by atoms with Crippen molar-refractivity contribution in [1.82, 2.24) is 9.97 Å². The van der Waals surface area contributed by atoms with Gasteiger partial charge >= 0.3 is 0 Å². The molecule has 0 atom stereocenters. The lowest BCUT2D eigenvalue weighted by atomic mass is 10.2. The van der Waals surface area contributed by atoms with Gasteiger partial charge in [0, 0.05) is 18.0 Å². The van der Waals surface area contributed by atoms with E-state index in [1.165, 1.54) is 24.5 Å². The lowest BCUT2D eigenvalue weighted by molar-refractivity contribution is 0.151. The molecule has 0 radical (unpaired) electrons. The summed E-state index contributed by atoms with van der Waals surface area (Å²) in [4.78, 5) is 7.90. The molecule has 2 aromatic rings. The van der Waals surface area contributed by atoms with Crippen LogP contribution in [0.2, 0.25) is 0 Å². The molecule has 0 unspecified atom stereocenters. The van der Waals surface area contributed by atoms with Crippen LogP contribution in [-0.2, 0) is 0 Å². The largest absolute Gasteiger partial charge is 0.263 e. The van der Waals surface area contributed by atoms with Gasteiger partial charge in [-0.05, 0) is 12.1 Å². The zero-order valence-corrected chi connectivity index (χ0v) is 6.61. The summed E-state index contributed by atoms with van der Waals surface area (Å²) in [5.41, 5.74) is 1.11. The molecule has 0 fully saturated rings. The zero-order valence-electron chi connectivity index (χ0n) is 6.61. The Labute approximate surface area is 73.2 Å². The van der Waals surface area contributed by atoms with Gasteiger partial charge in [-0.2, -0.15) is 0 Å². The summed E-state index contributed by atoms with van der Waals surface area (Å²) in [6.07, 6.45) is 0.563. The maximum Gasteiger partial charge on any atom is 0.263 e. The average Bonchev–Trinajstić information content (AvgIpc) is 2.17. The highest BCUT2D eigenvalue weighted by atomic mass is 19.3. The van der Waals surface area contributed by atoms with E-state index in [4.69, 9.17) is 0 Å². The SMILES string of the molecule is FC(F)c1ccc2nccnc2c1. The second-order valence-corrected chi connectivity index (χ2v) is 2.61. The Balaban J connectivity index is 2.62. The number of alkyl halides is 2. The van der Waals surface area contributed by atoms with Gasteiger partial charge in [0.25, 0.3) is 6.43 Å². The monoisotopic (exact) mass is 180 g/mol. The smallest absolute Gasteiger partial charge is 0.253 e. The third-order valence-electron chi connectivity index (χ3n) is 1.75. The topological polar surface area (TPSA) is 25.8 Å². The summed E-state index contributed by atoms with van der Waals surface area (Å²) in [6.45, 7) is 0. The zero-order chi connectivity index (χ0) is 9.26. The van der Waals surface area contributed by atoms with Crippen molar-refractivity contribution in [1.29, 1.82) is 0 Å². The van der Waals surface area contributed by atoms with Crippen molar-refractivity contribution in [3.63, 3.8) is 0 Å². The Hall–Kier alpha value is -1.58. The van der Waals surface area contributed by atoms with E-state index in [1.807, 2.05) is 0 Å². The number of benzene rings is 1. The third kappa shape index (κ3) is 1.47. The molecule has 13 heavy (non-hydrogen) atoms. The number of hydrogen-bond donors (Lipinski definition) is 0. The number of fused-ring (bicyclic) bond motifs is 1. The molecule has 0 bridgehead atoms. The maximum atomic E-state index is 12.2. The van der Waals surface area contributed by atoms with Crippen LogP contribution in [0, 0.1) is 0 Å². The Kier molecular flexibility index (Phi) is 1.88. The van der Waals surface area contributed by atoms with Crippen molar-refractivity contribution < 1.29 is 8.78 Å². The molecule has 0 aliphatic carbocycles. The average molecular weight is 180 g/mol. The molecule has 0 saturated heterocycles. The van der Waals surface area contributed by atoms with Crippen LogP contribution in [0.15, 0.2) is 30.6 Å². The highest BCUT2D eigenvalue weighted by molar-refractivity contribution is 5.74. The van der Waals surface area contributed by atoms with Gasteiger partial charge in [-0.25, -0.2) is 8.78 Å². The Morgan fingerprint density at radius 1 is 1.00 bits per heavy atom. The first-order valence-electron chi connectivity index (χ1n) is 3.76. The van der Waals surface area contributed by atoms with Gasteiger partial charge in [-0.1, -0.05) is 6.07 Å². The fourth-order valence-electron chi connectivity index (χ4n) is 1.12. The van der Waals surface area contributed by atoms with E-state index < -0.39 is 6.43 Å². The van der Waals surface area contributed by atoms with Gasteiger partial charge in [0.2, 0.25) is 0 Å². The first-order chi connectivity index (χ1) is 6.27. The van der Waals surface area contributed by atoms with Gasteiger partial charge in [0.1, 0.15) is 0 Å².